The fourth-order valence-corrected chi connectivity index (χ4v) is 2.93. The molecule has 0 saturated heterocycles. The molecule has 0 heterocycles. The highest BCUT2D eigenvalue weighted by molar-refractivity contribution is 5.51. The normalized spacial score (nSPS) is 27.2. The van der Waals surface area contributed by atoms with E-state index >= 15 is 0 Å². The zero-order valence-electron chi connectivity index (χ0n) is 12.5. The Hall–Kier alpha value is -1.02. The van der Waals surface area contributed by atoms with Gasteiger partial charge in [0.2, 0.25) is 0 Å². The van der Waals surface area contributed by atoms with Crippen LogP contribution < -0.4 is 5.32 Å². The van der Waals surface area contributed by atoms with Gasteiger partial charge in [-0.1, -0.05) is 38.5 Å². The van der Waals surface area contributed by atoms with E-state index in [0.717, 1.165) is 18.4 Å². The third-order valence-corrected chi connectivity index (χ3v) is 4.28. The van der Waals surface area contributed by atoms with E-state index in [1.165, 1.54) is 30.5 Å². The Labute approximate surface area is 117 Å². The minimum atomic E-state index is 0.603. The van der Waals surface area contributed by atoms with E-state index in [2.05, 4.69) is 43.4 Å². The summed E-state index contributed by atoms with van der Waals surface area (Å²) < 4.78 is 5.56. The number of para-hydroxylation sites is 1. The van der Waals surface area contributed by atoms with Crippen LogP contribution in [0.1, 0.15) is 45.6 Å². The summed E-state index contributed by atoms with van der Waals surface area (Å²) in [6, 6.07) is 9.14. The molecule has 3 atom stereocenters. The van der Waals surface area contributed by atoms with Gasteiger partial charge in [-0.15, -0.1) is 0 Å². The molecule has 2 heteroatoms. The van der Waals surface area contributed by atoms with Gasteiger partial charge in [-0.2, -0.15) is 0 Å². The monoisotopic (exact) mass is 261 g/mol. The molecule has 106 valence electrons. The Morgan fingerprint density at radius 3 is 2.79 bits per heavy atom. The van der Waals surface area contributed by atoms with E-state index in [-0.39, 0.29) is 0 Å². The van der Waals surface area contributed by atoms with Crippen molar-refractivity contribution in [1.29, 1.82) is 0 Å². The number of benzene rings is 1. The van der Waals surface area contributed by atoms with Gasteiger partial charge >= 0.3 is 0 Å². The maximum absolute atomic E-state index is 5.56. The van der Waals surface area contributed by atoms with Crippen molar-refractivity contribution in [1.82, 2.24) is 0 Å². The number of hydrogen-bond donors (Lipinski definition) is 1. The average molecular weight is 261 g/mol. The molecule has 1 N–H and O–H groups in total. The first-order chi connectivity index (χ1) is 9.20. The van der Waals surface area contributed by atoms with E-state index in [1.807, 2.05) is 6.92 Å². The van der Waals surface area contributed by atoms with Crippen LogP contribution in [0.2, 0.25) is 0 Å². The fraction of sp³-hybridized carbons (Fsp3) is 0.647. The maximum Gasteiger partial charge on any atom is 0.0736 e. The molecule has 1 aliphatic carbocycles. The van der Waals surface area contributed by atoms with Crippen molar-refractivity contribution in [3.8, 4) is 0 Å². The third kappa shape index (κ3) is 3.97. The summed E-state index contributed by atoms with van der Waals surface area (Å²) in [6.45, 7) is 8.25. The van der Waals surface area contributed by atoms with Gasteiger partial charge in [0, 0.05) is 23.9 Å². The zero-order chi connectivity index (χ0) is 13.7. The molecule has 1 saturated carbocycles. The molecule has 1 aliphatic rings. The van der Waals surface area contributed by atoms with Gasteiger partial charge in [0.25, 0.3) is 0 Å². The number of anilines is 1. The number of ether oxygens (including phenoxy) is 1. The van der Waals surface area contributed by atoms with Crippen LogP contribution in [0, 0.1) is 11.8 Å². The van der Waals surface area contributed by atoms with Crippen molar-refractivity contribution in [3.63, 3.8) is 0 Å². The van der Waals surface area contributed by atoms with Crippen molar-refractivity contribution >= 4 is 5.69 Å². The molecule has 3 unspecified atom stereocenters. The van der Waals surface area contributed by atoms with Crippen LogP contribution >= 0.6 is 0 Å². The Morgan fingerprint density at radius 1 is 1.21 bits per heavy atom. The Kier molecular flexibility index (Phi) is 5.26. The summed E-state index contributed by atoms with van der Waals surface area (Å²) in [7, 11) is 0. The zero-order valence-corrected chi connectivity index (χ0v) is 12.5. The minimum absolute atomic E-state index is 0.603. The highest BCUT2D eigenvalue weighted by Crippen LogP contribution is 2.31. The predicted molar refractivity (Wildman–Crippen MR) is 81.4 cm³/mol. The maximum atomic E-state index is 5.56. The summed E-state index contributed by atoms with van der Waals surface area (Å²) in [5.74, 6) is 1.60. The van der Waals surface area contributed by atoms with Gasteiger partial charge in [-0.3, -0.25) is 0 Å². The molecule has 1 aromatic carbocycles. The summed E-state index contributed by atoms with van der Waals surface area (Å²) in [6.07, 6.45) is 4.00. The number of rotatable bonds is 5. The summed E-state index contributed by atoms with van der Waals surface area (Å²) in [4.78, 5) is 0. The van der Waals surface area contributed by atoms with Crippen molar-refractivity contribution in [2.45, 2.75) is 52.7 Å². The van der Waals surface area contributed by atoms with Gasteiger partial charge < -0.3 is 10.1 Å². The minimum Gasteiger partial charge on any atom is -0.382 e. The first kappa shape index (κ1) is 14.4. The van der Waals surface area contributed by atoms with Crippen molar-refractivity contribution in [2.24, 2.45) is 11.8 Å². The lowest BCUT2D eigenvalue weighted by molar-refractivity contribution is 0.134. The second-order valence-corrected chi connectivity index (χ2v) is 5.94. The van der Waals surface area contributed by atoms with E-state index in [1.54, 1.807) is 0 Å². The van der Waals surface area contributed by atoms with Gasteiger partial charge in [-0.05, 0) is 37.7 Å². The lowest BCUT2D eigenvalue weighted by Gasteiger charge is -2.34. The SMILES string of the molecule is CCOCc1ccccc1NC1CC(C)CCC1C. The molecule has 2 nitrogen and oxygen atoms in total. The van der Waals surface area contributed by atoms with Crippen LogP contribution in [0.15, 0.2) is 24.3 Å². The molecule has 0 aromatic heterocycles. The molecular formula is C17H27NO. The molecule has 19 heavy (non-hydrogen) atoms. The van der Waals surface area contributed by atoms with Crippen LogP contribution in [-0.4, -0.2) is 12.6 Å². The van der Waals surface area contributed by atoms with Crippen molar-refractivity contribution < 1.29 is 4.74 Å². The summed E-state index contributed by atoms with van der Waals surface area (Å²) >= 11 is 0. The number of hydrogen-bond acceptors (Lipinski definition) is 2. The lowest BCUT2D eigenvalue weighted by atomic mass is 9.80. The van der Waals surface area contributed by atoms with E-state index in [4.69, 9.17) is 4.74 Å². The summed E-state index contributed by atoms with van der Waals surface area (Å²) in [5.41, 5.74) is 2.52. The first-order valence-electron chi connectivity index (χ1n) is 7.63. The largest absolute Gasteiger partial charge is 0.382 e. The second kappa shape index (κ2) is 6.95. The van der Waals surface area contributed by atoms with Crippen LogP contribution in [-0.2, 0) is 11.3 Å². The van der Waals surface area contributed by atoms with Gasteiger partial charge in [-0.25, -0.2) is 0 Å². The quantitative estimate of drug-likeness (QED) is 0.845. The molecule has 0 spiro atoms. The van der Waals surface area contributed by atoms with E-state index < -0.39 is 0 Å². The van der Waals surface area contributed by atoms with Gasteiger partial charge in [0.15, 0.2) is 0 Å². The third-order valence-electron chi connectivity index (χ3n) is 4.28. The van der Waals surface area contributed by atoms with Crippen molar-refractivity contribution in [2.75, 3.05) is 11.9 Å². The second-order valence-electron chi connectivity index (χ2n) is 5.94. The van der Waals surface area contributed by atoms with Crippen LogP contribution in [0.3, 0.4) is 0 Å². The number of nitrogens with one attached hydrogen (secondary N) is 1. The van der Waals surface area contributed by atoms with E-state index in [0.29, 0.717) is 12.6 Å². The van der Waals surface area contributed by atoms with E-state index in [9.17, 15) is 0 Å². The van der Waals surface area contributed by atoms with Gasteiger partial charge in [0.1, 0.15) is 0 Å². The molecule has 1 fully saturated rings. The average Bonchev–Trinajstić information content (AvgIpc) is 2.42. The Bertz CT molecular complexity index is 391. The molecule has 0 amide bonds. The smallest absolute Gasteiger partial charge is 0.0736 e. The Balaban J connectivity index is 2.04. The lowest BCUT2D eigenvalue weighted by Crippen LogP contribution is -2.33. The van der Waals surface area contributed by atoms with Crippen LogP contribution in [0.4, 0.5) is 5.69 Å². The topological polar surface area (TPSA) is 21.3 Å². The van der Waals surface area contributed by atoms with Crippen molar-refractivity contribution in [3.05, 3.63) is 29.8 Å². The molecule has 0 aliphatic heterocycles. The summed E-state index contributed by atoms with van der Waals surface area (Å²) in [5, 5.41) is 3.76. The molecule has 1 aromatic rings. The van der Waals surface area contributed by atoms with Gasteiger partial charge in [0.05, 0.1) is 6.61 Å². The predicted octanol–water partition coefficient (Wildman–Crippen LogP) is 4.46. The Morgan fingerprint density at radius 2 is 2.00 bits per heavy atom. The first-order valence-corrected chi connectivity index (χ1v) is 7.63. The molecule has 0 radical (unpaired) electrons. The van der Waals surface area contributed by atoms with Crippen LogP contribution in [0.5, 0.6) is 0 Å². The molecule has 2 rings (SSSR count). The highest BCUT2D eigenvalue weighted by atomic mass is 16.5. The standard InChI is InChI=1S/C17H27NO/c1-4-19-12-15-7-5-6-8-16(15)18-17-11-13(2)9-10-14(17)3/h5-8,13-14,17-18H,4,9-12H2,1-3H3. The highest BCUT2D eigenvalue weighted by Gasteiger charge is 2.25. The van der Waals surface area contributed by atoms with Crippen LogP contribution in [0.25, 0.3) is 0 Å². The fourth-order valence-electron chi connectivity index (χ4n) is 2.93. The molecular weight excluding hydrogens is 234 g/mol. The molecule has 0 bridgehead atoms.